The third-order valence-electron chi connectivity index (χ3n) is 3.47. The zero-order valence-electron chi connectivity index (χ0n) is 12.2. The highest BCUT2D eigenvalue weighted by molar-refractivity contribution is 6.34. The number of fused-ring (bicyclic) bond motifs is 1. The summed E-state index contributed by atoms with van der Waals surface area (Å²) in [5.41, 5.74) is 3.36. The summed E-state index contributed by atoms with van der Waals surface area (Å²) in [6.45, 7) is 0.759. The van der Waals surface area contributed by atoms with Gasteiger partial charge in [0.1, 0.15) is 5.15 Å². The van der Waals surface area contributed by atoms with Gasteiger partial charge in [0.2, 0.25) is 0 Å². The molecule has 0 unspecified atom stereocenters. The summed E-state index contributed by atoms with van der Waals surface area (Å²) in [4.78, 5) is 6.75. The van der Waals surface area contributed by atoms with Crippen LogP contribution in [-0.4, -0.2) is 24.0 Å². The molecule has 0 bridgehead atoms. The van der Waals surface area contributed by atoms with E-state index in [9.17, 15) is 0 Å². The molecule has 21 heavy (non-hydrogen) atoms. The molecule has 0 aliphatic heterocycles. The highest BCUT2D eigenvalue weighted by Crippen LogP contribution is 2.34. The molecule has 0 spiro atoms. The first-order valence-electron chi connectivity index (χ1n) is 6.94. The normalized spacial score (nSPS) is 11.2. The Balaban J connectivity index is 2.35. The lowest BCUT2D eigenvalue weighted by Crippen LogP contribution is -2.13. The van der Waals surface area contributed by atoms with Gasteiger partial charge in [-0.15, -0.1) is 0 Å². The van der Waals surface area contributed by atoms with Crippen LogP contribution in [0.1, 0.15) is 5.69 Å². The summed E-state index contributed by atoms with van der Waals surface area (Å²) in [5.74, 6) is 0. The van der Waals surface area contributed by atoms with Gasteiger partial charge in [-0.3, -0.25) is 0 Å². The molecule has 2 aromatic carbocycles. The number of aromatic nitrogens is 1. The Morgan fingerprint density at radius 3 is 2.19 bits per heavy atom. The molecule has 0 aliphatic rings. The largest absolute Gasteiger partial charge is 0.304 e. The van der Waals surface area contributed by atoms with E-state index < -0.39 is 0 Å². The van der Waals surface area contributed by atoms with Gasteiger partial charge in [-0.2, -0.15) is 0 Å². The molecule has 0 amide bonds. The summed E-state index contributed by atoms with van der Waals surface area (Å²) >= 11 is 6.38. The Labute approximate surface area is 130 Å². The lowest BCUT2D eigenvalue weighted by atomic mass is 9.97. The summed E-state index contributed by atoms with van der Waals surface area (Å²) in [7, 11) is 4.08. The number of pyridine rings is 1. The van der Waals surface area contributed by atoms with Crippen LogP contribution in [0.15, 0.2) is 54.6 Å². The number of hydrogen-bond acceptors (Lipinski definition) is 2. The smallest absolute Gasteiger partial charge is 0.137 e. The van der Waals surface area contributed by atoms with Crippen molar-refractivity contribution < 1.29 is 0 Å². The van der Waals surface area contributed by atoms with Gasteiger partial charge < -0.3 is 4.90 Å². The molecule has 3 heteroatoms. The molecule has 0 saturated carbocycles. The molecule has 1 aromatic heterocycles. The van der Waals surface area contributed by atoms with Crippen LogP contribution in [0.3, 0.4) is 0 Å². The summed E-state index contributed by atoms with van der Waals surface area (Å²) < 4.78 is 0. The first kappa shape index (κ1) is 14.1. The third kappa shape index (κ3) is 2.78. The van der Waals surface area contributed by atoms with Crippen LogP contribution in [0.25, 0.3) is 21.9 Å². The highest BCUT2D eigenvalue weighted by atomic mass is 35.5. The van der Waals surface area contributed by atoms with Crippen LogP contribution < -0.4 is 0 Å². The first-order valence-corrected chi connectivity index (χ1v) is 7.32. The average Bonchev–Trinajstić information content (AvgIpc) is 2.48. The predicted octanol–water partition coefficient (Wildman–Crippen LogP) is 4.62. The van der Waals surface area contributed by atoms with Crippen molar-refractivity contribution in [3.05, 3.63) is 65.4 Å². The average molecular weight is 297 g/mol. The number of benzene rings is 2. The van der Waals surface area contributed by atoms with Crippen LogP contribution in [0.2, 0.25) is 5.15 Å². The second kappa shape index (κ2) is 5.84. The minimum atomic E-state index is 0.571. The predicted molar refractivity (Wildman–Crippen MR) is 89.6 cm³/mol. The zero-order valence-corrected chi connectivity index (χ0v) is 12.9. The summed E-state index contributed by atoms with van der Waals surface area (Å²) in [6, 6.07) is 18.6. The molecule has 0 fully saturated rings. The van der Waals surface area contributed by atoms with Crippen molar-refractivity contribution in [2.45, 2.75) is 6.54 Å². The molecule has 0 radical (unpaired) electrons. The van der Waals surface area contributed by atoms with Gasteiger partial charge in [-0.1, -0.05) is 66.2 Å². The fourth-order valence-electron chi connectivity index (χ4n) is 2.61. The number of rotatable bonds is 3. The van der Waals surface area contributed by atoms with E-state index in [0.717, 1.165) is 23.0 Å². The topological polar surface area (TPSA) is 16.1 Å². The Bertz CT molecular complexity index is 767. The Hall–Kier alpha value is -1.90. The van der Waals surface area contributed by atoms with Crippen LogP contribution in [0, 0.1) is 0 Å². The van der Waals surface area contributed by atoms with Crippen LogP contribution >= 0.6 is 11.6 Å². The zero-order chi connectivity index (χ0) is 14.8. The lowest BCUT2D eigenvalue weighted by molar-refractivity contribution is 0.398. The van der Waals surface area contributed by atoms with Crippen molar-refractivity contribution in [2.75, 3.05) is 14.1 Å². The van der Waals surface area contributed by atoms with Crippen LogP contribution in [-0.2, 0) is 6.54 Å². The lowest BCUT2D eigenvalue weighted by Gasteiger charge is -2.17. The molecule has 106 valence electrons. The highest BCUT2D eigenvalue weighted by Gasteiger charge is 2.14. The Morgan fingerprint density at radius 1 is 0.905 bits per heavy atom. The van der Waals surface area contributed by atoms with Crippen molar-refractivity contribution in [1.29, 1.82) is 0 Å². The molecule has 0 atom stereocenters. The van der Waals surface area contributed by atoms with Crippen molar-refractivity contribution in [3.63, 3.8) is 0 Å². The molecule has 1 heterocycles. The Kier molecular flexibility index (Phi) is 3.91. The first-order chi connectivity index (χ1) is 10.2. The minimum Gasteiger partial charge on any atom is -0.304 e. The number of hydrogen-bond donors (Lipinski definition) is 0. The van der Waals surface area contributed by atoms with Crippen LogP contribution in [0.4, 0.5) is 0 Å². The quantitative estimate of drug-likeness (QED) is 0.656. The standard InChI is InChI=1S/C18H17ClN2/c1-21(2)12-16-17(13-8-4-3-5-9-13)14-10-6-7-11-15(14)18(19)20-16/h3-11H,12H2,1-2H3. The molecular formula is C18H17ClN2. The molecule has 0 N–H and O–H groups in total. The Morgan fingerprint density at radius 2 is 1.52 bits per heavy atom. The van der Waals surface area contributed by atoms with Gasteiger partial charge in [0.25, 0.3) is 0 Å². The van der Waals surface area contributed by atoms with Crippen molar-refractivity contribution >= 4 is 22.4 Å². The molecule has 0 saturated heterocycles. The van der Waals surface area contributed by atoms with E-state index in [2.05, 4.69) is 40.2 Å². The molecule has 0 aliphatic carbocycles. The maximum Gasteiger partial charge on any atom is 0.137 e. The van der Waals surface area contributed by atoms with Gasteiger partial charge in [0.05, 0.1) is 5.69 Å². The second-order valence-electron chi connectivity index (χ2n) is 5.37. The van der Waals surface area contributed by atoms with E-state index in [4.69, 9.17) is 11.6 Å². The summed E-state index contributed by atoms with van der Waals surface area (Å²) in [6.07, 6.45) is 0. The van der Waals surface area contributed by atoms with E-state index in [1.165, 1.54) is 11.1 Å². The molecule has 3 aromatic rings. The third-order valence-corrected chi connectivity index (χ3v) is 3.76. The summed E-state index contributed by atoms with van der Waals surface area (Å²) in [5, 5.41) is 2.73. The van der Waals surface area contributed by atoms with Crippen molar-refractivity contribution in [2.24, 2.45) is 0 Å². The number of nitrogens with zero attached hydrogens (tertiary/aromatic N) is 2. The van der Waals surface area contributed by atoms with E-state index in [0.29, 0.717) is 5.15 Å². The number of halogens is 1. The fraction of sp³-hybridized carbons (Fsp3) is 0.167. The van der Waals surface area contributed by atoms with Gasteiger partial charge in [0, 0.05) is 17.5 Å². The van der Waals surface area contributed by atoms with E-state index in [1.54, 1.807) is 0 Å². The SMILES string of the molecule is CN(C)Cc1nc(Cl)c2ccccc2c1-c1ccccc1. The maximum absolute atomic E-state index is 6.38. The maximum atomic E-state index is 6.38. The van der Waals surface area contributed by atoms with Gasteiger partial charge >= 0.3 is 0 Å². The van der Waals surface area contributed by atoms with E-state index in [-0.39, 0.29) is 0 Å². The fourth-order valence-corrected chi connectivity index (χ4v) is 2.88. The van der Waals surface area contributed by atoms with E-state index in [1.807, 2.05) is 38.4 Å². The second-order valence-corrected chi connectivity index (χ2v) is 5.73. The monoisotopic (exact) mass is 296 g/mol. The van der Waals surface area contributed by atoms with Crippen molar-refractivity contribution in [1.82, 2.24) is 9.88 Å². The van der Waals surface area contributed by atoms with Crippen molar-refractivity contribution in [3.8, 4) is 11.1 Å². The molecule has 3 rings (SSSR count). The van der Waals surface area contributed by atoms with Gasteiger partial charge in [0.15, 0.2) is 0 Å². The van der Waals surface area contributed by atoms with E-state index >= 15 is 0 Å². The van der Waals surface area contributed by atoms with Crippen LogP contribution in [0.5, 0.6) is 0 Å². The molecular weight excluding hydrogens is 280 g/mol. The van der Waals surface area contributed by atoms with Gasteiger partial charge in [-0.25, -0.2) is 4.98 Å². The minimum absolute atomic E-state index is 0.571. The molecule has 2 nitrogen and oxygen atoms in total. The van der Waals surface area contributed by atoms with Gasteiger partial charge in [-0.05, 0) is 25.0 Å².